The number of benzene rings is 2. The van der Waals surface area contributed by atoms with Crippen molar-refractivity contribution in [3.8, 4) is 11.5 Å². The maximum atomic E-state index is 12.0. The minimum Gasteiger partial charge on any atom is -0.459 e. The molecule has 0 aliphatic heterocycles. The number of aromatic nitrogens is 1. The summed E-state index contributed by atoms with van der Waals surface area (Å²) >= 11 is 5.89. The molecule has 0 spiro atoms. The van der Waals surface area contributed by atoms with Crippen molar-refractivity contribution < 1.29 is 8.83 Å². The normalized spacial score (nSPS) is 11.4. The first-order chi connectivity index (χ1) is 10.6. The number of nitrogens with zero attached hydrogens (tertiary/aromatic N) is 1. The van der Waals surface area contributed by atoms with Crippen LogP contribution in [-0.2, 0) is 0 Å². The van der Waals surface area contributed by atoms with Crippen LogP contribution in [0, 0.1) is 6.92 Å². The highest BCUT2D eigenvalue weighted by Gasteiger charge is 2.14. The Hall–Kier alpha value is -2.59. The monoisotopic (exact) mass is 311 g/mol. The van der Waals surface area contributed by atoms with Gasteiger partial charge in [0, 0.05) is 16.7 Å². The molecule has 0 radical (unpaired) electrons. The average Bonchev–Trinajstić information content (AvgIpc) is 2.92. The van der Waals surface area contributed by atoms with Crippen LogP contribution in [0.4, 0.5) is 0 Å². The molecule has 22 heavy (non-hydrogen) atoms. The summed E-state index contributed by atoms with van der Waals surface area (Å²) in [6.07, 6.45) is 0. The fourth-order valence-electron chi connectivity index (χ4n) is 2.44. The van der Waals surface area contributed by atoms with Crippen molar-refractivity contribution in [2.45, 2.75) is 6.92 Å². The number of hydrogen-bond acceptors (Lipinski definition) is 4. The number of fused-ring (bicyclic) bond motifs is 3. The molecule has 0 saturated carbocycles. The molecule has 0 N–H and O–H groups in total. The van der Waals surface area contributed by atoms with Crippen molar-refractivity contribution in [1.29, 1.82) is 0 Å². The van der Waals surface area contributed by atoms with E-state index in [9.17, 15) is 4.79 Å². The van der Waals surface area contributed by atoms with Gasteiger partial charge in [0.05, 0.1) is 5.39 Å². The van der Waals surface area contributed by atoms with Gasteiger partial charge in [0.2, 0.25) is 5.89 Å². The summed E-state index contributed by atoms with van der Waals surface area (Å²) in [5, 5.41) is 1.14. The second-order valence-corrected chi connectivity index (χ2v) is 5.47. The van der Waals surface area contributed by atoms with Gasteiger partial charge in [-0.05, 0) is 43.3 Å². The van der Waals surface area contributed by atoms with Gasteiger partial charge in [0.25, 0.3) is 0 Å². The topological polar surface area (TPSA) is 56.2 Å². The zero-order valence-corrected chi connectivity index (χ0v) is 12.3. The van der Waals surface area contributed by atoms with Gasteiger partial charge in [-0.25, -0.2) is 4.98 Å². The van der Waals surface area contributed by atoms with Gasteiger partial charge in [-0.2, -0.15) is 0 Å². The Morgan fingerprint density at radius 3 is 2.59 bits per heavy atom. The Bertz CT molecular complexity index is 1060. The molecular weight excluding hydrogens is 302 g/mol. The van der Waals surface area contributed by atoms with E-state index in [2.05, 4.69) is 4.98 Å². The number of oxazole rings is 1. The van der Waals surface area contributed by atoms with Crippen LogP contribution in [-0.4, -0.2) is 4.98 Å². The predicted octanol–water partition coefficient (Wildman–Crippen LogP) is 4.56. The van der Waals surface area contributed by atoms with Crippen LogP contribution in [0.25, 0.3) is 33.5 Å². The number of halogens is 1. The number of aryl methyl sites for hydroxylation is 1. The fraction of sp³-hybridized carbons (Fsp3) is 0.0588. The first-order valence-corrected chi connectivity index (χ1v) is 7.09. The SMILES string of the molecule is Cc1cc(=O)c2ccc3oc(-c4ccc(Cl)cc4)nc3c2o1. The molecular formula is C17H10ClNO3. The zero-order valence-electron chi connectivity index (χ0n) is 11.6. The van der Waals surface area contributed by atoms with E-state index in [1.807, 2.05) is 12.1 Å². The molecule has 0 bridgehead atoms. The van der Waals surface area contributed by atoms with Gasteiger partial charge < -0.3 is 8.83 Å². The van der Waals surface area contributed by atoms with E-state index in [-0.39, 0.29) is 5.43 Å². The first-order valence-electron chi connectivity index (χ1n) is 6.72. The van der Waals surface area contributed by atoms with Crippen molar-refractivity contribution >= 4 is 33.7 Å². The van der Waals surface area contributed by atoms with Crippen LogP contribution in [0.2, 0.25) is 5.02 Å². The van der Waals surface area contributed by atoms with E-state index in [0.29, 0.717) is 38.7 Å². The highest BCUT2D eigenvalue weighted by Crippen LogP contribution is 2.29. The highest BCUT2D eigenvalue weighted by atomic mass is 35.5. The lowest BCUT2D eigenvalue weighted by Gasteiger charge is -1.97. The van der Waals surface area contributed by atoms with Crippen molar-refractivity contribution in [1.82, 2.24) is 4.98 Å². The molecule has 5 heteroatoms. The Balaban J connectivity index is 2.03. The van der Waals surface area contributed by atoms with Crippen molar-refractivity contribution in [2.75, 3.05) is 0 Å². The maximum Gasteiger partial charge on any atom is 0.227 e. The van der Waals surface area contributed by atoms with Gasteiger partial charge >= 0.3 is 0 Å². The molecule has 0 amide bonds. The fourth-order valence-corrected chi connectivity index (χ4v) is 2.56. The third-order valence-electron chi connectivity index (χ3n) is 3.47. The summed E-state index contributed by atoms with van der Waals surface area (Å²) in [7, 11) is 0. The van der Waals surface area contributed by atoms with E-state index in [0.717, 1.165) is 5.56 Å². The number of rotatable bonds is 1. The van der Waals surface area contributed by atoms with Crippen LogP contribution < -0.4 is 5.43 Å². The van der Waals surface area contributed by atoms with Crippen LogP contribution >= 0.6 is 11.6 Å². The molecule has 4 rings (SSSR count). The van der Waals surface area contributed by atoms with Crippen LogP contribution in [0.15, 0.2) is 56.1 Å². The summed E-state index contributed by atoms with van der Waals surface area (Å²) in [6.45, 7) is 1.74. The zero-order chi connectivity index (χ0) is 15.3. The van der Waals surface area contributed by atoms with Gasteiger partial charge in [0.15, 0.2) is 22.1 Å². The average molecular weight is 312 g/mol. The largest absolute Gasteiger partial charge is 0.459 e. The molecule has 0 fully saturated rings. The lowest BCUT2D eigenvalue weighted by atomic mass is 10.2. The Morgan fingerprint density at radius 2 is 1.82 bits per heavy atom. The molecule has 0 saturated heterocycles. The molecule has 0 atom stereocenters. The highest BCUT2D eigenvalue weighted by molar-refractivity contribution is 6.30. The molecule has 4 nitrogen and oxygen atoms in total. The first kappa shape index (κ1) is 13.1. The molecule has 0 unspecified atom stereocenters. The summed E-state index contributed by atoms with van der Waals surface area (Å²) in [6, 6.07) is 12.1. The van der Waals surface area contributed by atoms with Crippen molar-refractivity contribution in [3.05, 3.63) is 63.5 Å². The quantitative estimate of drug-likeness (QED) is 0.517. The van der Waals surface area contributed by atoms with E-state index in [4.69, 9.17) is 20.4 Å². The smallest absolute Gasteiger partial charge is 0.227 e. The van der Waals surface area contributed by atoms with Crippen molar-refractivity contribution in [2.24, 2.45) is 0 Å². The summed E-state index contributed by atoms with van der Waals surface area (Å²) in [5.41, 5.74) is 2.29. The van der Waals surface area contributed by atoms with E-state index >= 15 is 0 Å². The summed E-state index contributed by atoms with van der Waals surface area (Å²) in [5.74, 6) is 1.00. The molecule has 2 aromatic carbocycles. The third-order valence-corrected chi connectivity index (χ3v) is 3.72. The van der Waals surface area contributed by atoms with Crippen molar-refractivity contribution in [3.63, 3.8) is 0 Å². The molecule has 2 heterocycles. The minimum absolute atomic E-state index is 0.0864. The third kappa shape index (κ3) is 2.00. The van der Waals surface area contributed by atoms with E-state index in [1.165, 1.54) is 6.07 Å². The van der Waals surface area contributed by atoms with E-state index < -0.39 is 0 Å². The second-order valence-electron chi connectivity index (χ2n) is 5.04. The lowest BCUT2D eigenvalue weighted by Crippen LogP contribution is -2.00. The molecule has 0 aliphatic carbocycles. The van der Waals surface area contributed by atoms with Gasteiger partial charge in [-0.1, -0.05) is 11.6 Å². The van der Waals surface area contributed by atoms with E-state index in [1.54, 1.807) is 31.2 Å². The maximum absolute atomic E-state index is 12.0. The standard InChI is InChI=1S/C17H10ClNO3/c1-9-8-13(20)12-6-7-14-15(16(12)21-9)19-17(22-14)10-2-4-11(18)5-3-10/h2-8H,1H3. The predicted molar refractivity (Wildman–Crippen MR) is 85.2 cm³/mol. The molecule has 2 aromatic heterocycles. The molecule has 0 aliphatic rings. The minimum atomic E-state index is -0.0864. The Kier molecular flexibility index (Phi) is 2.81. The van der Waals surface area contributed by atoms with Crippen LogP contribution in [0.5, 0.6) is 0 Å². The summed E-state index contributed by atoms with van der Waals surface area (Å²) in [4.78, 5) is 16.5. The van der Waals surface area contributed by atoms with Gasteiger partial charge in [-0.15, -0.1) is 0 Å². The molecule has 4 aromatic rings. The second kappa shape index (κ2) is 4.71. The Morgan fingerprint density at radius 1 is 1.05 bits per heavy atom. The van der Waals surface area contributed by atoms with Gasteiger partial charge in [0.1, 0.15) is 5.76 Å². The summed E-state index contributed by atoms with van der Waals surface area (Å²) < 4.78 is 11.4. The van der Waals surface area contributed by atoms with Gasteiger partial charge in [-0.3, -0.25) is 4.79 Å². The van der Waals surface area contributed by atoms with Crippen LogP contribution in [0.3, 0.4) is 0 Å². The number of hydrogen-bond donors (Lipinski definition) is 0. The Labute approximate surface area is 130 Å². The lowest BCUT2D eigenvalue weighted by molar-refractivity contribution is 0.567. The van der Waals surface area contributed by atoms with Crippen LogP contribution in [0.1, 0.15) is 5.76 Å². The molecule has 108 valence electrons.